The lowest BCUT2D eigenvalue weighted by atomic mass is 10.1. The van der Waals surface area contributed by atoms with Crippen LogP contribution < -0.4 is 0 Å². The van der Waals surface area contributed by atoms with Crippen LogP contribution in [0.15, 0.2) is 12.3 Å². The molecule has 0 spiro atoms. The third kappa shape index (κ3) is 19.0. The van der Waals surface area contributed by atoms with Gasteiger partial charge in [0.25, 0.3) is 0 Å². The summed E-state index contributed by atoms with van der Waals surface area (Å²) in [7, 11) is 0. The van der Waals surface area contributed by atoms with E-state index in [1.165, 1.54) is 51.2 Å². The van der Waals surface area contributed by atoms with Crippen molar-refractivity contribution < 1.29 is 19.1 Å². The molecule has 0 radical (unpaired) electrons. The van der Waals surface area contributed by atoms with Crippen LogP contribution in [0.4, 0.5) is 0 Å². The van der Waals surface area contributed by atoms with Crippen molar-refractivity contribution in [2.24, 2.45) is 0 Å². The number of hydrogen-bond donors (Lipinski definition) is 0. The maximum atomic E-state index is 11.5. The van der Waals surface area contributed by atoms with Crippen molar-refractivity contribution in [1.29, 1.82) is 0 Å². The minimum absolute atomic E-state index is 0.0793. The van der Waals surface area contributed by atoms with Gasteiger partial charge in [-0.1, -0.05) is 78.1 Å². The molecule has 0 aromatic heterocycles. The first-order chi connectivity index (χ1) is 12.7. The fraction of sp³-hybridized carbons (Fsp3) is 0.818. The maximum Gasteiger partial charge on any atom is 0.311 e. The standard InChI is InChI=1S/C22H40O4/c1-3-5-7-9-10-11-12-13-14-16-20-26-22(24)18-17-21(23)25-19-15-8-6-4-2/h16,20H,3-15,17-19H2,1-2H3. The smallest absolute Gasteiger partial charge is 0.311 e. The monoisotopic (exact) mass is 368 g/mol. The summed E-state index contributed by atoms with van der Waals surface area (Å²) in [4.78, 5) is 23.0. The van der Waals surface area contributed by atoms with Gasteiger partial charge in [-0.2, -0.15) is 0 Å². The van der Waals surface area contributed by atoms with Crippen LogP contribution in [0.1, 0.15) is 110 Å². The van der Waals surface area contributed by atoms with Crippen LogP contribution >= 0.6 is 0 Å². The van der Waals surface area contributed by atoms with E-state index in [9.17, 15) is 9.59 Å². The molecule has 152 valence electrons. The number of rotatable bonds is 18. The average Bonchev–Trinajstić information content (AvgIpc) is 2.64. The second kappa shape index (κ2) is 20.0. The van der Waals surface area contributed by atoms with Gasteiger partial charge in [-0.3, -0.25) is 9.59 Å². The van der Waals surface area contributed by atoms with Gasteiger partial charge >= 0.3 is 11.9 Å². The van der Waals surface area contributed by atoms with Crippen molar-refractivity contribution in [2.45, 2.75) is 110 Å². The first-order valence-corrected chi connectivity index (χ1v) is 10.7. The van der Waals surface area contributed by atoms with Crippen LogP contribution in [0, 0.1) is 0 Å². The Hall–Kier alpha value is -1.32. The van der Waals surface area contributed by atoms with E-state index in [2.05, 4.69) is 13.8 Å². The Morgan fingerprint density at radius 1 is 0.692 bits per heavy atom. The van der Waals surface area contributed by atoms with E-state index in [0.29, 0.717) is 6.61 Å². The van der Waals surface area contributed by atoms with Gasteiger partial charge < -0.3 is 9.47 Å². The molecule has 0 unspecified atom stereocenters. The van der Waals surface area contributed by atoms with Gasteiger partial charge in [-0.05, 0) is 25.3 Å². The van der Waals surface area contributed by atoms with Crippen molar-refractivity contribution in [1.82, 2.24) is 0 Å². The molecule has 0 N–H and O–H groups in total. The van der Waals surface area contributed by atoms with Crippen molar-refractivity contribution in [3.8, 4) is 0 Å². The quantitative estimate of drug-likeness (QED) is 0.158. The van der Waals surface area contributed by atoms with Crippen molar-refractivity contribution in [2.75, 3.05) is 6.61 Å². The molecule has 0 aromatic rings. The molecule has 4 nitrogen and oxygen atoms in total. The van der Waals surface area contributed by atoms with E-state index < -0.39 is 0 Å². The third-order valence-corrected chi connectivity index (χ3v) is 4.31. The SMILES string of the molecule is CCCCCCCCCCC=COC(=O)CCC(=O)OCCCCCC. The summed E-state index contributed by atoms with van der Waals surface area (Å²) in [5, 5.41) is 0. The first kappa shape index (κ1) is 24.7. The van der Waals surface area contributed by atoms with Crippen molar-refractivity contribution in [3.63, 3.8) is 0 Å². The highest BCUT2D eigenvalue weighted by Crippen LogP contribution is 2.09. The Bertz CT molecular complexity index is 363. The van der Waals surface area contributed by atoms with Crippen molar-refractivity contribution >= 4 is 11.9 Å². The van der Waals surface area contributed by atoms with Crippen LogP contribution in [0.2, 0.25) is 0 Å². The van der Waals surface area contributed by atoms with Crippen LogP contribution in [-0.2, 0) is 19.1 Å². The Morgan fingerprint density at radius 2 is 1.23 bits per heavy atom. The summed E-state index contributed by atoms with van der Waals surface area (Å²) in [5.41, 5.74) is 0. The second-order valence-corrected chi connectivity index (χ2v) is 6.91. The maximum absolute atomic E-state index is 11.5. The molecule has 0 aliphatic rings. The van der Waals surface area contributed by atoms with Gasteiger partial charge in [-0.25, -0.2) is 0 Å². The van der Waals surface area contributed by atoms with Gasteiger partial charge in [0, 0.05) is 0 Å². The summed E-state index contributed by atoms with van der Waals surface area (Å²) in [6.45, 7) is 4.83. The van der Waals surface area contributed by atoms with Gasteiger partial charge in [0.2, 0.25) is 0 Å². The molecule has 0 saturated carbocycles. The molecular weight excluding hydrogens is 328 g/mol. The predicted molar refractivity (Wildman–Crippen MR) is 107 cm³/mol. The summed E-state index contributed by atoms with van der Waals surface area (Å²) < 4.78 is 10.1. The first-order valence-electron chi connectivity index (χ1n) is 10.7. The van der Waals surface area contributed by atoms with Crippen LogP contribution in [0.3, 0.4) is 0 Å². The Kier molecular flexibility index (Phi) is 19.0. The molecule has 0 saturated heterocycles. The van der Waals surface area contributed by atoms with E-state index in [0.717, 1.165) is 38.5 Å². The molecule has 0 bridgehead atoms. The van der Waals surface area contributed by atoms with E-state index in [1.807, 2.05) is 6.08 Å². The summed E-state index contributed by atoms with van der Waals surface area (Å²) >= 11 is 0. The largest absolute Gasteiger partial charge is 0.466 e. The lowest BCUT2D eigenvalue weighted by Gasteiger charge is -2.04. The Balaban J connectivity index is 3.41. The number of ether oxygens (including phenoxy) is 2. The molecule has 26 heavy (non-hydrogen) atoms. The van der Waals surface area contributed by atoms with Gasteiger partial charge in [0.05, 0.1) is 25.7 Å². The van der Waals surface area contributed by atoms with Crippen LogP contribution in [-0.4, -0.2) is 18.5 Å². The Morgan fingerprint density at radius 3 is 1.88 bits per heavy atom. The fourth-order valence-corrected chi connectivity index (χ4v) is 2.64. The van der Waals surface area contributed by atoms with Crippen molar-refractivity contribution in [3.05, 3.63) is 12.3 Å². The minimum Gasteiger partial charge on any atom is -0.466 e. The normalized spacial score (nSPS) is 11.0. The van der Waals surface area contributed by atoms with E-state index in [4.69, 9.17) is 9.47 Å². The van der Waals surface area contributed by atoms with E-state index in [-0.39, 0.29) is 24.8 Å². The molecular formula is C22H40O4. The zero-order chi connectivity index (χ0) is 19.3. The molecule has 0 fully saturated rings. The number of esters is 2. The molecule has 0 heterocycles. The fourth-order valence-electron chi connectivity index (χ4n) is 2.64. The lowest BCUT2D eigenvalue weighted by Crippen LogP contribution is -2.09. The van der Waals surface area contributed by atoms with Gasteiger partial charge in [0.1, 0.15) is 0 Å². The highest BCUT2D eigenvalue weighted by molar-refractivity contribution is 5.77. The number of carbonyl (C=O) groups excluding carboxylic acids is 2. The van der Waals surface area contributed by atoms with Crippen LogP contribution in [0.5, 0.6) is 0 Å². The number of carbonyl (C=O) groups is 2. The topological polar surface area (TPSA) is 52.6 Å². The molecule has 0 amide bonds. The average molecular weight is 369 g/mol. The molecule has 0 rings (SSSR count). The molecule has 0 aromatic carbocycles. The molecule has 4 heteroatoms. The Labute approximate surface area is 160 Å². The van der Waals surface area contributed by atoms with Crippen LogP contribution in [0.25, 0.3) is 0 Å². The number of unbranched alkanes of at least 4 members (excludes halogenated alkanes) is 11. The zero-order valence-corrected chi connectivity index (χ0v) is 17.1. The van der Waals surface area contributed by atoms with E-state index >= 15 is 0 Å². The third-order valence-electron chi connectivity index (χ3n) is 4.31. The minimum atomic E-state index is -0.375. The molecule has 0 aliphatic carbocycles. The number of allylic oxidation sites excluding steroid dienone is 1. The summed E-state index contributed by atoms with van der Waals surface area (Å²) in [5.74, 6) is -0.693. The van der Waals surface area contributed by atoms with E-state index in [1.54, 1.807) is 0 Å². The van der Waals surface area contributed by atoms with Gasteiger partial charge in [0.15, 0.2) is 0 Å². The zero-order valence-electron chi connectivity index (χ0n) is 17.1. The second-order valence-electron chi connectivity index (χ2n) is 6.91. The lowest BCUT2D eigenvalue weighted by molar-refractivity contribution is -0.148. The predicted octanol–water partition coefficient (Wildman–Crippen LogP) is 6.48. The highest BCUT2D eigenvalue weighted by Gasteiger charge is 2.08. The summed E-state index contributed by atoms with van der Waals surface area (Å²) in [6, 6.07) is 0. The number of hydrogen-bond acceptors (Lipinski definition) is 4. The highest BCUT2D eigenvalue weighted by atomic mass is 16.5. The molecule has 0 atom stereocenters. The van der Waals surface area contributed by atoms with Gasteiger partial charge in [-0.15, -0.1) is 0 Å². The summed E-state index contributed by atoms with van der Waals surface area (Å²) in [6.07, 6.45) is 19.1. The molecule has 0 aliphatic heterocycles.